The van der Waals surface area contributed by atoms with E-state index in [1.807, 2.05) is 32.0 Å². The minimum absolute atomic E-state index is 0.214. The molecular weight excluding hydrogens is 346 g/mol. The fourth-order valence-electron chi connectivity index (χ4n) is 3.24. The Labute approximate surface area is 158 Å². The Morgan fingerprint density at radius 2 is 2.22 bits per heavy atom. The van der Waals surface area contributed by atoms with E-state index < -0.39 is 5.60 Å². The summed E-state index contributed by atoms with van der Waals surface area (Å²) in [5, 5.41) is 11.4. The molecule has 144 valence electrons. The molecule has 0 saturated heterocycles. The van der Waals surface area contributed by atoms with Gasteiger partial charge < -0.3 is 14.4 Å². The average molecular weight is 371 g/mol. The molecule has 0 bridgehead atoms. The molecular formula is C19H25N5O3. The molecule has 0 spiro atoms. The molecule has 2 aromatic rings. The second-order valence-corrected chi connectivity index (χ2v) is 7.85. The van der Waals surface area contributed by atoms with Gasteiger partial charge in [-0.15, -0.1) is 5.10 Å². The Balaban J connectivity index is 1.49. The molecule has 1 fully saturated rings. The van der Waals surface area contributed by atoms with E-state index in [4.69, 9.17) is 9.47 Å². The first kappa shape index (κ1) is 17.6. The van der Waals surface area contributed by atoms with E-state index in [-0.39, 0.29) is 6.03 Å². The summed E-state index contributed by atoms with van der Waals surface area (Å²) in [7, 11) is 1.62. The topological polar surface area (TPSA) is 81.5 Å². The van der Waals surface area contributed by atoms with Crippen LogP contribution in [0.5, 0.6) is 11.5 Å². The lowest BCUT2D eigenvalue weighted by Crippen LogP contribution is -2.44. The van der Waals surface area contributed by atoms with Crippen LogP contribution in [0.3, 0.4) is 0 Å². The minimum Gasteiger partial charge on any atom is -0.497 e. The van der Waals surface area contributed by atoms with Gasteiger partial charge in [0.2, 0.25) is 0 Å². The molecule has 1 aliphatic carbocycles. The van der Waals surface area contributed by atoms with Crippen molar-refractivity contribution in [1.82, 2.24) is 19.9 Å². The highest BCUT2D eigenvalue weighted by atomic mass is 16.5. The highest BCUT2D eigenvalue weighted by Crippen LogP contribution is 2.33. The number of ether oxygens (including phenoxy) is 2. The van der Waals surface area contributed by atoms with Gasteiger partial charge in [-0.05, 0) is 44.7 Å². The maximum atomic E-state index is 12.8. The van der Waals surface area contributed by atoms with E-state index in [1.54, 1.807) is 23.0 Å². The maximum absolute atomic E-state index is 12.8. The summed E-state index contributed by atoms with van der Waals surface area (Å²) in [4.78, 5) is 16.2. The zero-order chi connectivity index (χ0) is 19.0. The average Bonchev–Trinajstić information content (AvgIpc) is 3.34. The van der Waals surface area contributed by atoms with Gasteiger partial charge in [0, 0.05) is 11.6 Å². The molecule has 1 aromatic heterocycles. The van der Waals surface area contributed by atoms with Crippen LogP contribution in [0.4, 0.5) is 10.6 Å². The number of nitrogens with one attached hydrogen (secondary N) is 1. The molecule has 1 aliphatic heterocycles. The zero-order valence-electron chi connectivity index (χ0n) is 15.9. The molecule has 0 atom stereocenters. The summed E-state index contributed by atoms with van der Waals surface area (Å²) in [6.45, 7) is 5.65. The molecule has 0 unspecified atom stereocenters. The standard InChI is InChI=1S/C19H25N5O3/c1-19(2)12-23(11-14-6-7-15(26-3)8-16(14)27-19)18(25)21-17-9-20-24(22-17)10-13-4-5-13/h6-9,13H,4-5,10-12H2,1-3H3,(H,21,22,25). The van der Waals surface area contributed by atoms with Gasteiger partial charge in [0.1, 0.15) is 17.1 Å². The highest BCUT2D eigenvalue weighted by Gasteiger charge is 2.32. The third-order valence-corrected chi connectivity index (χ3v) is 4.77. The fourth-order valence-corrected chi connectivity index (χ4v) is 3.24. The van der Waals surface area contributed by atoms with Gasteiger partial charge in [0.25, 0.3) is 0 Å². The van der Waals surface area contributed by atoms with Gasteiger partial charge >= 0.3 is 6.03 Å². The number of anilines is 1. The van der Waals surface area contributed by atoms with E-state index in [9.17, 15) is 4.79 Å². The van der Waals surface area contributed by atoms with Gasteiger partial charge in [-0.3, -0.25) is 5.32 Å². The molecule has 0 radical (unpaired) electrons. The number of carbonyl (C=O) groups is 1. The number of amides is 2. The number of methoxy groups -OCH3 is 1. The molecule has 2 amide bonds. The van der Waals surface area contributed by atoms with Crippen LogP contribution in [0.1, 0.15) is 32.3 Å². The number of hydrogen-bond acceptors (Lipinski definition) is 5. The monoisotopic (exact) mass is 371 g/mol. The number of aromatic nitrogens is 3. The van der Waals surface area contributed by atoms with Crippen LogP contribution in [0.2, 0.25) is 0 Å². The Morgan fingerprint density at radius 3 is 2.96 bits per heavy atom. The lowest BCUT2D eigenvalue weighted by atomic mass is 10.1. The second-order valence-electron chi connectivity index (χ2n) is 7.85. The van der Waals surface area contributed by atoms with E-state index in [2.05, 4.69) is 15.5 Å². The normalized spacial score (nSPS) is 18.3. The summed E-state index contributed by atoms with van der Waals surface area (Å²) < 4.78 is 11.4. The predicted octanol–water partition coefficient (Wildman–Crippen LogP) is 2.90. The molecule has 1 saturated carbocycles. The first-order chi connectivity index (χ1) is 12.9. The van der Waals surface area contributed by atoms with E-state index >= 15 is 0 Å². The quantitative estimate of drug-likeness (QED) is 0.894. The number of urea groups is 1. The van der Waals surface area contributed by atoms with Gasteiger partial charge in [0.05, 0.1) is 32.9 Å². The number of nitrogens with zero attached hydrogens (tertiary/aromatic N) is 4. The molecule has 1 N–H and O–H groups in total. The lowest BCUT2D eigenvalue weighted by molar-refractivity contribution is 0.0833. The van der Waals surface area contributed by atoms with Crippen LogP contribution in [-0.2, 0) is 13.1 Å². The summed E-state index contributed by atoms with van der Waals surface area (Å²) in [5.74, 6) is 2.62. The van der Waals surface area contributed by atoms with Crippen LogP contribution >= 0.6 is 0 Å². The third kappa shape index (κ3) is 4.15. The van der Waals surface area contributed by atoms with Crippen molar-refractivity contribution in [2.75, 3.05) is 19.0 Å². The zero-order valence-corrected chi connectivity index (χ0v) is 15.9. The number of fused-ring (bicyclic) bond motifs is 1. The fraction of sp³-hybridized carbons (Fsp3) is 0.526. The summed E-state index contributed by atoms with van der Waals surface area (Å²) in [6.07, 6.45) is 4.06. The smallest absolute Gasteiger partial charge is 0.323 e. The first-order valence-electron chi connectivity index (χ1n) is 9.24. The summed E-state index contributed by atoms with van der Waals surface area (Å²) in [6, 6.07) is 5.46. The molecule has 27 heavy (non-hydrogen) atoms. The van der Waals surface area contributed by atoms with Crippen molar-refractivity contribution in [3.05, 3.63) is 30.0 Å². The van der Waals surface area contributed by atoms with Crippen molar-refractivity contribution in [2.24, 2.45) is 5.92 Å². The van der Waals surface area contributed by atoms with Crippen molar-refractivity contribution in [3.63, 3.8) is 0 Å². The van der Waals surface area contributed by atoms with E-state index in [1.165, 1.54) is 12.8 Å². The number of carbonyl (C=O) groups excluding carboxylic acids is 1. The summed E-state index contributed by atoms with van der Waals surface area (Å²) in [5.41, 5.74) is 0.410. The second kappa shape index (κ2) is 6.75. The molecule has 2 aliphatic rings. The van der Waals surface area contributed by atoms with E-state index in [0.29, 0.717) is 24.8 Å². The maximum Gasteiger partial charge on any atom is 0.323 e. The van der Waals surface area contributed by atoms with Gasteiger partial charge in [-0.2, -0.15) is 9.90 Å². The molecule has 8 heteroatoms. The van der Waals surface area contributed by atoms with Gasteiger partial charge in [0.15, 0.2) is 5.82 Å². The van der Waals surface area contributed by atoms with Crippen LogP contribution in [0, 0.1) is 5.92 Å². The number of rotatable bonds is 4. The van der Waals surface area contributed by atoms with Crippen molar-refractivity contribution in [1.29, 1.82) is 0 Å². The largest absolute Gasteiger partial charge is 0.497 e. The molecule has 1 aromatic carbocycles. The van der Waals surface area contributed by atoms with Crippen molar-refractivity contribution >= 4 is 11.8 Å². The minimum atomic E-state index is -0.529. The predicted molar refractivity (Wildman–Crippen MR) is 99.9 cm³/mol. The lowest BCUT2D eigenvalue weighted by Gasteiger charge is -2.29. The van der Waals surface area contributed by atoms with Crippen molar-refractivity contribution in [2.45, 2.75) is 45.4 Å². The van der Waals surface area contributed by atoms with Gasteiger partial charge in [-0.1, -0.05) is 0 Å². The van der Waals surface area contributed by atoms with Crippen molar-refractivity contribution in [3.8, 4) is 11.5 Å². The molecule has 2 heterocycles. The number of hydrogen-bond donors (Lipinski definition) is 1. The Hall–Kier alpha value is -2.77. The number of benzene rings is 1. The Morgan fingerprint density at radius 1 is 1.41 bits per heavy atom. The summed E-state index contributed by atoms with van der Waals surface area (Å²) >= 11 is 0. The van der Waals surface area contributed by atoms with Crippen LogP contribution in [0.15, 0.2) is 24.4 Å². The Kier molecular flexibility index (Phi) is 4.41. The molecule has 4 rings (SSSR count). The first-order valence-corrected chi connectivity index (χ1v) is 9.24. The molecule has 8 nitrogen and oxygen atoms in total. The van der Waals surface area contributed by atoms with Gasteiger partial charge in [-0.25, -0.2) is 4.79 Å². The van der Waals surface area contributed by atoms with Crippen molar-refractivity contribution < 1.29 is 14.3 Å². The SMILES string of the molecule is COc1ccc2c(c1)OC(C)(C)CN(C(=O)Nc1cnn(CC3CC3)n1)C2. The van der Waals surface area contributed by atoms with E-state index in [0.717, 1.165) is 23.6 Å². The van der Waals surface area contributed by atoms with Crippen LogP contribution in [-0.4, -0.2) is 45.2 Å². The van der Waals surface area contributed by atoms with Crippen LogP contribution < -0.4 is 14.8 Å². The Bertz CT molecular complexity index is 844. The highest BCUT2D eigenvalue weighted by molar-refractivity contribution is 5.88. The third-order valence-electron chi connectivity index (χ3n) is 4.77. The van der Waals surface area contributed by atoms with Crippen LogP contribution in [0.25, 0.3) is 0 Å².